The zero-order valence-corrected chi connectivity index (χ0v) is 12.6. The molecule has 0 bridgehead atoms. The lowest BCUT2D eigenvalue weighted by Gasteiger charge is -2.10. The lowest BCUT2D eigenvalue weighted by atomic mass is 10.0. The minimum Gasteiger partial charge on any atom is -0.480 e. The van der Waals surface area contributed by atoms with Gasteiger partial charge in [-0.05, 0) is 36.8 Å². The summed E-state index contributed by atoms with van der Waals surface area (Å²) in [6.45, 7) is 2.58. The molecule has 5 heteroatoms. The Balaban J connectivity index is 1.65. The molecule has 5 nitrogen and oxygen atoms in total. The van der Waals surface area contributed by atoms with Gasteiger partial charge in [0.15, 0.2) is 0 Å². The van der Waals surface area contributed by atoms with Crippen LogP contribution < -0.4 is 5.32 Å². The molecule has 1 aromatic carbocycles. The van der Waals surface area contributed by atoms with Crippen LogP contribution in [0, 0.1) is 5.41 Å². The van der Waals surface area contributed by atoms with Crippen molar-refractivity contribution in [1.82, 2.24) is 10.3 Å². The first-order chi connectivity index (χ1) is 10.6. The fraction of sp³-hybridized carbons (Fsp3) is 0.412. The normalized spacial score (nSPS) is 15.7. The second-order valence-electron chi connectivity index (χ2n) is 5.90. The fourth-order valence-electron chi connectivity index (χ4n) is 2.92. The summed E-state index contributed by atoms with van der Waals surface area (Å²) in [5.74, 6) is -1.36. The number of rotatable bonds is 6. The minimum atomic E-state index is -1.16. The first-order valence-electron chi connectivity index (χ1n) is 7.68. The molecule has 0 aliphatic heterocycles. The van der Waals surface area contributed by atoms with Crippen LogP contribution in [0.4, 0.5) is 0 Å². The van der Waals surface area contributed by atoms with E-state index in [0.29, 0.717) is 25.8 Å². The monoisotopic (exact) mass is 300 g/mol. The van der Waals surface area contributed by atoms with Gasteiger partial charge in [-0.1, -0.05) is 25.1 Å². The van der Waals surface area contributed by atoms with E-state index in [2.05, 4.69) is 29.4 Å². The van der Waals surface area contributed by atoms with Gasteiger partial charge in [-0.25, -0.2) is 0 Å². The first-order valence-corrected chi connectivity index (χ1v) is 7.68. The highest BCUT2D eigenvalue weighted by Crippen LogP contribution is 2.46. The molecule has 1 heterocycles. The Morgan fingerprint density at radius 2 is 2.09 bits per heavy atom. The molecule has 22 heavy (non-hydrogen) atoms. The van der Waals surface area contributed by atoms with Gasteiger partial charge in [0.25, 0.3) is 0 Å². The summed E-state index contributed by atoms with van der Waals surface area (Å²) in [5, 5.41) is 13.0. The summed E-state index contributed by atoms with van der Waals surface area (Å²) in [6, 6.07) is 6.22. The summed E-state index contributed by atoms with van der Waals surface area (Å²) < 4.78 is 0. The van der Waals surface area contributed by atoms with Gasteiger partial charge in [0.2, 0.25) is 5.91 Å². The number of amides is 1. The number of carbonyl (C=O) groups excluding carboxylic acids is 1. The van der Waals surface area contributed by atoms with Crippen LogP contribution in [0.15, 0.2) is 24.4 Å². The van der Waals surface area contributed by atoms with E-state index in [1.807, 2.05) is 12.3 Å². The maximum absolute atomic E-state index is 12.0. The molecule has 1 aliphatic rings. The Morgan fingerprint density at radius 1 is 1.32 bits per heavy atom. The number of hydrogen-bond acceptors (Lipinski definition) is 2. The van der Waals surface area contributed by atoms with Crippen LogP contribution in [0.2, 0.25) is 0 Å². The smallest absolute Gasteiger partial charge is 0.319 e. The molecule has 1 fully saturated rings. The van der Waals surface area contributed by atoms with Crippen molar-refractivity contribution >= 4 is 22.8 Å². The molecule has 0 saturated heterocycles. The van der Waals surface area contributed by atoms with Crippen LogP contribution in [0.1, 0.15) is 30.9 Å². The highest BCUT2D eigenvalue weighted by molar-refractivity contribution is 6.04. The molecular formula is C17H20N2O3. The Hall–Kier alpha value is -2.30. The number of aromatic amines is 1. The second-order valence-corrected chi connectivity index (χ2v) is 5.90. The number of H-pyrrole nitrogens is 1. The molecule has 1 aromatic heterocycles. The molecule has 1 amide bonds. The largest absolute Gasteiger partial charge is 0.480 e. The molecule has 0 spiro atoms. The van der Waals surface area contributed by atoms with Gasteiger partial charge in [-0.2, -0.15) is 0 Å². The number of carboxylic acids is 1. The molecule has 2 aromatic rings. The van der Waals surface area contributed by atoms with Gasteiger partial charge in [-0.3, -0.25) is 9.59 Å². The second kappa shape index (κ2) is 5.48. The number of aromatic nitrogens is 1. The number of hydrogen-bond donors (Lipinski definition) is 3. The molecule has 116 valence electrons. The number of fused-ring (bicyclic) bond motifs is 1. The predicted octanol–water partition coefficient (Wildman–Crippen LogP) is 2.25. The SMILES string of the molecule is CCc1cccc2c(CCNC(=O)C3(C(=O)O)CC3)c[nH]c12. The molecular weight excluding hydrogens is 280 g/mol. The lowest BCUT2D eigenvalue weighted by molar-refractivity contribution is -0.149. The lowest BCUT2D eigenvalue weighted by Crippen LogP contribution is -2.37. The van der Waals surface area contributed by atoms with Gasteiger partial charge < -0.3 is 15.4 Å². The van der Waals surface area contributed by atoms with Crippen LogP contribution in [0.5, 0.6) is 0 Å². The predicted molar refractivity (Wildman–Crippen MR) is 83.7 cm³/mol. The fourth-order valence-corrected chi connectivity index (χ4v) is 2.92. The Kier molecular flexibility index (Phi) is 3.64. The average Bonchev–Trinajstić information content (AvgIpc) is 3.24. The summed E-state index contributed by atoms with van der Waals surface area (Å²) >= 11 is 0. The summed E-state index contributed by atoms with van der Waals surface area (Å²) in [4.78, 5) is 26.4. The molecule has 0 atom stereocenters. The van der Waals surface area contributed by atoms with Crippen molar-refractivity contribution in [2.24, 2.45) is 5.41 Å². The van der Waals surface area contributed by atoms with Crippen LogP contribution in [-0.4, -0.2) is 28.5 Å². The van der Waals surface area contributed by atoms with Gasteiger partial charge in [0, 0.05) is 23.6 Å². The van der Waals surface area contributed by atoms with Crippen LogP contribution in [0.3, 0.4) is 0 Å². The van der Waals surface area contributed by atoms with Crippen molar-refractivity contribution < 1.29 is 14.7 Å². The highest BCUT2D eigenvalue weighted by Gasteiger charge is 2.56. The number of nitrogens with one attached hydrogen (secondary N) is 2. The average molecular weight is 300 g/mol. The molecule has 3 rings (SSSR count). The third-order valence-electron chi connectivity index (χ3n) is 4.54. The van der Waals surface area contributed by atoms with Crippen LogP contribution in [-0.2, 0) is 22.4 Å². The number of benzene rings is 1. The van der Waals surface area contributed by atoms with Crippen LogP contribution in [0.25, 0.3) is 10.9 Å². The van der Waals surface area contributed by atoms with E-state index in [0.717, 1.165) is 17.5 Å². The van der Waals surface area contributed by atoms with Crippen molar-refractivity contribution in [3.8, 4) is 0 Å². The Morgan fingerprint density at radius 3 is 2.73 bits per heavy atom. The topological polar surface area (TPSA) is 82.2 Å². The first kappa shape index (κ1) is 14.6. The number of aryl methyl sites for hydroxylation is 1. The van der Waals surface area contributed by atoms with Crippen LogP contribution >= 0.6 is 0 Å². The van der Waals surface area contributed by atoms with Gasteiger partial charge in [0.1, 0.15) is 5.41 Å². The van der Waals surface area contributed by atoms with Gasteiger partial charge in [-0.15, -0.1) is 0 Å². The van der Waals surface area contributed by atoms with Crippen molar-refractivity contribution in [3.05, 3.63) is 35.5 Å². The molecule has 1 saturated carbocycles. The van der Waals surface area contributed by atoms with E-state index in [1.165, 1.54) is 10.9 Å². The van der Waals surface area contributed by atoms with Gasteiger partial charge >= 0.3 is 5.97 Å². The van der Waals surface area contributed by atoms with E-state index in [1.54, 1.807) is 0 Å². The summed E-state index contributed by atoms with van der Waals surface area (Å²) in [6.07, 6.45) is 4.52. The minimum absolute atomic E-state index is 0.353. The number of para-hydroxylation sites is 1. The van der Waals surface area contributed by atoms with E-state index >= 15 is 0 Å². The van der Waals surface area contributed by atoms with Crippen molar-refractivity contribution in [3.63, 3.8) is 0 Å². The molecule has 0 unspecified atom stereocenters. The van der Waals surface area contributed by atoms with E-state index in [4.69, 9.17) is 5.11 Å². The van der Waals surface area contributed by atoms with Gasteiger partial charge in [0.05, 0.1) is 0 Å². The quantitative estimate of drug-likeness (QED) is 0.716. The molecule has 1 aliphatic carbocycles. The highest BCUT2D eigenvalue weighted by atomic mass is 16.4. The number of carboxylic acid groups (broad SMARTS) is 1. The molecule has 3 N–H and O–H groups in total. The standard InChI is InChI=1S/C17H20N2O3/c1-2-11-4-3-5-13-12(10-19-14(11)13)6-9-18-15(20)17(7-8-17)16(21)22/h3-5,10,19H,2,6-9H2,1H3,(H,18,20)(H,21,22). The number of carbonyl (C=O) groups is 2. The number of aliphatic carboxylic acids is 1. The third kappa shape index (κ3) is 2.36. The Bertz CT molecular complexity index is 729. The van der Waals surface area contributed by atoms with Crippen molar-refractivity contribution in [2.45, 2.75) is 32.6 Å². The van der Waals surface area contributed by atoms with E-state index in [-0.39, 0.29) is 5.91 Å². The Labute approximate surface area is 128 Å². The van der Waals surface area contributed by atoms with Crippen molar-refractivity contribution in [2.75, 3.05) is 6.54 Å². The summed E-state index contributed by atoms with van der Waals surface area (Å²) in [7, 11) is 0. The maximum atomic E-state index is 12.0. The maximum Gasteiger partial charge on any atom is 0.319 e. The summed E-state index contributed by atoms with van der Waals surface area (Å²) in [5.41, 5.74) is 2.41. The molecule has 0 radical (unpaired) electrons. The zero-order valence-electron chi connectivity index (χ0n) is 12.6. The van der Waals surface area contributed by atoms with E-state index in [9.17, 15) is 9.59 Å². The zero-order chi connectivity index (χ0) is 15.7. The third-order valence-corrected chi connectivity index (χ3v) is 4.54. The van der Waals surface area contributed by atoms with Crippen molar-refractivity contribution in [1.29, 1.82) is 0 Å². The van der Waals surface area contributed by atoms with E-state index < -0.39 is 11.4 Å².